The number of para-hydroxylation sites is 1. The van der Waals surface area contributed by atoms with Crippen LogP contribution in [0.2, 0.25) is 0 Å². The third-order valence-electron chi connectivity index (χ3n) is 3.37. The number of hydrogen-bond acceptors (Lipinski definition) is 3. The first-order valence-electron chi connectivity index (χ1n) is 7.31. The van der Waals surface area contributed by atoms with Crippen LogP contribution in [0.4, 0.5) is 0 Å². The van der Waals surface area contributed by atoms with E-state index in [1.54, 1.807) is 0 Å². The van der Waals surface area contributed by atoms with Crippen LogP contribution in [0, 0.1) is 12.8 Å². The van der Waals surface area contributed by atoms with Crippen molar-refractivity contribution >= 4 is 0 Å². The molecule has 1 aliphatic carbocycles. The molecule has 1 aliphatic rings. The topological polar surface area (TPSA) is 30.5 Å². The highest BCUT2D eigenvalue weighted by molar-refractivity contribution is 5.40. The molecule has 0 unspecified atom stereocenters. The van der Waals surface area contributed by atoms with Gasteiger partial charge in [-0.05, 0) is 44.2 Å². The van der Waals surface area contributed by atoms with Gasteiger partial charge in [-0.25, -0.2) is 0 Å². The van der Waals surface area contributed by atoms with Gasteiger partial charge >= 0.3 is 0 Å². The molecule has 2 rings (SSSR count). The molecule has 0 heterocycles. The lowest BCUT2D eigenvalue weighted by Crippen LogP contribution is -2.15. The molecule has 1 aromatic carbocycles. The third-order valence-corrected chi connectivity index (χ3v) is 3.37. The second kappa shape index (κ2) is 7.51. The zero-order valence-electron chi connectivity index (χ0n) is 12.1. The molecular weight excluding hydrogens is 238 g/mol. The molecule has 1 fully saturated rings. The molecule has 1 aromatic rings. The van der Waals surface area contributed by atoms with Crippen molar-refractivity contribution in [3.8, 4) is 5.75 Å². The number of nitrogens with one attached hydrogen (secondary N) is 1. The van der Waals surface area contributed by atoms with Crippen LogP contribution in [0.3, 0.4) is 0 Å². The summed E-state index contributed by atoms with van der Waals surface area (Å²) >= 11 is 0. The number of benzene rings is 1. The van der Waals surface area contributed by atoms with Crippen molar-refractivity contribution in [1.82, 2.24) is 5.32 Å². The van der Waals surface area contributed by atoms with E-state index in [0.29, 0.717) is 6.79 Å². The van der Waals surface area contributed by atoms with E-state index in [-0.39, 0.29) is 0 Å². The molecule has 0 amide bonds. The van der Waals surface area contributed by atoms with Gasteiger partial charge in [0.1, 0.15) is 5.75 Å². The van der Waals surface area contributed by atoms with Crippen molar-refractivity contribution in [3.05, 3.63) is 29.3 Å². The SMILES string of the molecule is CCCNCc1cccc(C)c1OCOCC1CC1. The molecule has 0 saturated heterocycles. The predicted octanol–water partition coefficient (Wildman–Crippen LogP) is 3.26. The zero-order valence-corrected chi connectivity index (χ0v) is 12.1. The van der Waals surface area contributed by atoms with Gasteiger partial charge in [0.25, 0.3) is 0 Å². The smallest absolute Gasteiger partial charge is 0.189 e. The molecule has 19 heavy (non-hydrogen) atoms. The predicted molar refractivity (Wildman–Crippen MR) is 77.3 cm³/mol. The molecule has 0 atom stereocenters. The Bertz CT molecular complexity index is 388. The van der Waals surface area contributed by atoms with Crippen LogP contribution in [-0.4, -0.2) is 19.9 Å². The number of ether oxygens (including phenoxy) is 2. The van der Waals surface area contributed by atoms with Crippen LogP contribution >= 0.6 is 0 Å². The van der Waals surface area contributed by atoms with Crippen LogP contribution in [0.1, 0.15) is 37.3 Å². The van der Waals surface area contributed by atoms with E-state index in [9.17, 15) is 0 Å². The summed E-state index contributed by atoms with van der Waals surface area (Å²) in [5, 5.41) is 3.42. The van der Waals surface area contributed by atoms with Crippen molar-refractivity contribution in [2.45, 2.75) is 39.7 Å². The van der Waals surface area contributed by atoms with Gasteiger partial charge in [0, 0.05) is 12.1 Å². The van der Waals surface area contributed by atoms with Gasteiger partial charge in [0.2, 0.25) is 0 Å². The van der Waals surface area contributed by atoms with Crippen molar-refractivity contribution < 1.29 is 9.47 Å². The lowest BCUT2D eigenvalue weighted by Gasteiger charge is -2.14. The molecule has 0 aliphatic heterocycles. The minimum absolute atomic E-state index is 0.363. The number of hydrogen-bond donors (Lipinski definition) is 1. The Morgan fingerprint density at radius 1 is 1.32 bits per heavy atom. The van der Waals surface area contributed by atoms with E-state index < -0.39 is 0 Å². The third kappa shape index (κ3) is 4.84. The van der Waals surface area contributed by atoms with Gasteiger partial charge in [-0.3, -0.25) is 0 Å². The minimum Gasteiger partial charge on any atom is -0.467 e. The Hall–Kier alpha value is -1.06. The van der Waals surface area contributed by atoms with Gasteiger partial charge in [-0.2, -0.15) is 0 Å². The molecule has 106 valence electrons. The summed E-state index contributed by atoms with van der Waals surface area (Å²) in [5.41, 5.74) is 2.38. The van der Waals surface area contributed by atoms with Gasteiger partial charge in [-0.1, -0.05) is 25.1 Å². The maximum absolute atomic E-state index is 5.81. The first-order chi connectivity index (χ1) is 9.31. The first kappa shape index (κ1) is 14.4. The summed E-state index contributed by atoms with van der Waals surface area (Å²) in [6.45, 7) is 7.35. The molecule has 1 N–H and O–H groups in total. The zero-order chi connectivity index (χ0) is 13.5. The van der Waals surface area contributed by atoms with Crippen LogP contribution in [-0.2, 0) is 11.3 Å². The summed E-state index contributed by atoms with van der Waals surface area (Å²) in [6, 6.07) is 6.28. The Morgan fingerprint density at radius 2 is 2.16 bits per heavy atom. The van der Waals surface area contributed by atoms with E-state index in [4.69, 9.17) is 9.47 Å². The van der Waals surface area contributed by atoms with Crippen LogP contribution in [0.25, 0.3) is 0 Å². The second-order valence-corrected chi connectivity index (χ2v) is 5.32. The normalized spacial score (nSPS) is 14.6. The fourth-order valence-corrected chi connectivity index (χ4v) is 2.06. The van der Waals surface area contributed by atoms with Gasteiger partial charge in [-0.15, -0.1) is 0 Å². The van der Waals surface area contributed by atoms with Crippen molar-refractivity contribution in [3.63, 3.8) is 0 Å². The van der Waals surface area contributed by atoms with Gasteiger partial charge in [0.15, 0.2) is 6.79 Å². The van der Waals surface area contributed by atoms with Crippen molar-refractivity contribution in [1.29, 1.82) is 0 Å². The van der Waals surface area contributed by atoms with Gasteiger partial charge < -0.3 is 14.8 Å². The van der Waals surface area contributed by atoms with E-state index >= 15 is 0 Å². The van der Waals surface area contributed by atoms with Crippen LogP contribution in [0.15, 0.2) is 18.2 Å². The van der Waals surface area contributed by atoms with Crippen molar-refractivity contribution in [2.75, 3.05) is 19.9 Å². The molecule has 3 heteroatoms. The van der Waals surface area contributed by atoms with Crippen LogP contribution < -0.4 is 10.1 Å². The fourth-order valence-electron chi connectivity index (χ4n) is 2.06. The monoisotopic (exact) mass is 263 g/mol. The largest absolute Gasteiger partial charge is 0.467 e. The molecule has 0 bridgehead atoms. The van der Waals surface area contributed by atoms with E-state index in [1.807, 2.05) is 0 Å². The highest BCUT2D eigenvalue weighted by atomic mass is 16.7. The summed E-state index contributed by atoms with van der Waals surface area (Å²) in [7, 11) is 0. The average Bonchev–Trinajstić information content (AvgIpc) is 3.21. The Kier molecular flexibility index (Phi) is 5.67. The molecule has 1 saturated carbocycles. The lowest BCUT2D eigenvalue weighted by molar-refractivity contribution is 0.00904. The quantitative estimate of drug-likeness (QED) is 0.548. The molecule has 3 nitrogen and oxygen atoms in total. The maximum atomic E-state index is 5.81. The minimum atomic E-state index is 0.363. The molecular formula is C16H25NO2. The summed E-state index contributed by atoms with van der Waals surface area (Å²) in [6.07, 6.45) is 3.78. The Balaban J connectivity index is 1.84. The van der Waals surface area contributed by atoms with Gasteiger partial charge in [0.05, 0.1) is 6.61 Å². The maximum Gasteiger partial charge on any atom is 0.189 e. The number of rotatable bonds is 9. The summed E-state index contributed by atoms with van der Waals surface area (Å²) < 4.78 is 11.4. The fraction of sp³-hybridized carbons (Fsp3) is 0.625. The standard InChI is InChI=1S/C16H25NO2/c1-3-9-17-10-15-6-4-5-13(2)16(15)19-12-18-11-14-7-8-14/h4-6,14,17H,3,7-12H2,1-2H3. The Labute approximate surface area is 116 Å². The molecule has 0 radical (unpaired) electrons. The average molecular weight is 263 g/mol. The Morgan fingerprint density at radius 3 is 2.89 bits per heavy atom. The first-order valence-corrected chi connectivity index (χ1v) is 7.31. The summed E-state index contributed by atoms with van der Waals surface area (Å²) in [4.78, 5) is 0. The van der Waals surface area contributed by atoms with Crippen LogP contribution in [0.5, 0.6) is 5.75 Å². The van der Waals surface area contributed by atoms with Crippen molar-refractivity contribution in [2.24, 2.45) is 5.92 Å². The number of aryl methyl sites for hydroxylation is 1. The summed E-state index contributed by atoms with van der Waals surface area (Å²) in [5.74, 6) is 1.76. The molecule has 0 spiro atoms. The molecule has 0 aromatic heterocycles. The highest BCUT2D eigenvalue weighted by Gasteiger charge is 2.21. The second-order valence-electron chi connectivity index (χ2n) is 5.32. The lowest BCUT2D eigenvalue weighted by atomic mass is 10.1. The highest BCUT2D eigenvalue weighted by Crippen LogP contribution is 2.29. The van der Waals surface area contributed by atoms with E-state index in [2.05, 4.69) is 37.4 Å². The van der Waals surface area contributed by atoms with E-state index in [0.717, 1.165) is 37.8 Å². The van der Waals surface area contributed by atoms with E-state index in [1.165, 1.54) is 24.0 Å².